The number of carbonyl (C=O) groups excluding carboxylic acids is 1. The van der Waals surface area contributed by atoms with Gasteiger partial charge in [0.1, 0.15) is 5.82 Å². The first-order valence-electron chi connectivity index (χ1n) is 8.31. The van der Waals surface area contributed by atoms with Crippen LogP contribution in [0.25, 0.3) is 0 Å². The highest BCUT2D eigenvalue weighted by atomic mass is 16.1. The van der Waals surface area contributed by atoms with E-state index in [0.29, 0.717) is 22.9 Å². The number of benzene rings is 1. The van der Waals surface area contributed by atoms with E-state index in [9.17, 15) is 9.59 Å². The highest BCUT2D eigenvalue weighted by molar-refractivity contribution is 6.11. The predicted octanol–water partition coefficient (Wildman–Crippen LogP) is 3.60. The third-order valence-electron chi connectivity index (χ3n) is 4.49. The van der Waals surface area contributed by atoms with Gasteiger partial charge in [-0.15, -0.1) is 0 Å². The van der Waals surface area contributed by atoms with E-state index in [0.717, 1.165) is 6.54 Å². The Bertz CT molecular complexity index is 716. The average molecular weight is 310 g/mol. The molecule has 3 rings (SSSR count). The molecule has 0 amide bonds. The SMILES string of the molecule is O=C(c1ccccc1)c1ccc(=O)[nH]c1NCC1CCCCC1. The van der Waals surface area contributed by atoms with Crippen molar-refractivity contribution in [2.24, 2.45) is 5.92 Å². The second kappa shape index (κ2) is 7.27. The van der Waals surface area contributed by atoms with Gasteiger partial charge < -0.3 is 10.3 Å². The zero-order chi connectivity index (χ0) is 16.1. The lowest BCUT2D eigenvalue weighted by Gasteiger charge is -2.22. The highest BCUT2D eigenvalue weighted by Gasteiger charge is 2.17. The predicted molar refractivity (Wildman–Crippen MR) is 92.0 cm³/mol. The molecule has 1 aromatic heterocycles. The molecule has 0 spiro atoms. The van der Waals surface area contributed by atoms with E-state index in [-0.39, 0.29) is 11.3 Å². The Kier molecular flexibility index (Phi) is 4.91. The van der Waals surface area contributed by atoms with E-state index in [1.54, 1.807) is 18.2 Å². The molecule has 1 aliphatic carbocycles. The number of hydrogen-bond donors (Lipinski definition) is 2. The van der Waals surface area contributed by atoms with Crippen molar-refractivity contribution in [1.82, 2.24) is 4.98 Å². The molecule has 1 fully saturated rings. The molecular formula is C19H22N2O2. The number of pyridine rings is 1. The molecule has 1 heterocycles. The fraction of sp³-hybridized carbons (Fsp3) is 0.368. The van der Waals surface area contributed by atoms with E-state index in [1.807, 2.05) is 18.2 Å². The minimum absolute atomic E-state index is 0.0759. The fourth-order valence-corrected chi connectivity index (χ4v) is 3.19. The maximum atomic E-state index is 12.7. The molecule has 0 unspecified atom stereocenters. The third-order valence-corrected chi connectivity index (χ3v) is 4.49. The van der Waals surface area contributed by atoms with Gasteiger partial charge in [-0.1, -0.05) is 49.6 Å². The Hall–Kier alpha value is -2.36. The first-order valence-corrected chi connectivity index (χ1v) is 8.31. The van der Waals surface area contributed by atoms with E-state index in [4.69, 9.17) is 0 Å². The summed E-state index contributed by atoms with van der Waals surface area (Å²) in [4.78, 5) is 27.1. The number of H-pyrrole nitrogens is 1. The summed E-state index contributed by atoms with van der Waals surface area (Å²) in [5, 5.41) is 3.30. The fourth-order valence-electron chi connectivity index (χ4n) is 3.19. The number of rotatable bonds is 5. The molecular weight excluding hydrogens is 288 g/mol. The van der Waals surface area contributed by atoms with Crippen LogP contribution in [0.3, 0.4) is 0 Å². The number of aromatic nitrogens is 1. The van der Waals surface area contributed by atoms with Gasteiger partial charge in [-0.25, -0.2) is 0 Å². The van der Waals surface area contributed by atoms with Crippen LogP contribution in [-0.2, 0) is 0 Å². The maximum Gasteiger partial charge on any atom is 0.249 e. The van der Waals surface area contributed by atoms with Crippen LogP contribution in [-0.4, -0.2) is 17.3 Å². The molecule has 0 radical (unpaired) electrons. The zero-order valence-electron chi connectivity index (χ0n) is 13.2. The van der Waals surface area contributed by atoms with Crippen LogP contribution in [0.5, 0.6) is 0 Å². The second-order valence-corrected chi connectivity index (χ2v) is 6.19. The van der Waals surface area contributed by atoms with E-state index in [1.165, 1.54) is 38.2 Å². The second-order valence-electron chi connectivity index (χ2n) is 6.19. The van der Waals surface area contributed by atoms with Crippen LogP contribution in [0, 0.1) is 5.92 Å². The summed E-state index contributed by atoms with van der Waals surface area (Å²) < 4.78 is 0. The summed E-state index contributed by atoms with van der Waals surface area (Å²) in [6, 6.07) is 12.2. The Balaban J connectivity index is 1.80. The standard InChI is InChI=1S/C19H22N2O2/c22-17-12-11-16(18(23)15-9-5-2-6-10-15)19(21-17)20-13-14-7-3-1-4-8-14/h2,5-6,9-12,14H,1,3-4,7-8,13H2,(H2,20,21,22). The quantitative estimate of drug-likeness (QED) is 0.830. The van der Waals surface area contributed by atoms with Crippen molar-refractivity contribution in [2.45, 2.75) is 32.1 Å². The molecule has 120 valence electrons. The first-order chi connectivity index (χ1) is 11.2. The first kappa shape index (κ1) is 15.5. The molecule has 23 heavy (non-hydrogen) atoms. The molecule has 1 aliphatic rings. The highest BCUT2D eigenvalue weighted by Crippen LogP contribution is 2.24. The number of nitrogens with one attached hydrogen (secondary N) is 2. The summed E-state index contributed by atoms with van der Waals surface area (Å²) in [6.07, 6.45) is 6.29. The smallest absolute Gasteiger partial charge is 0.249 e. The van der Waals surface area contributed by atoms with Crippen LogP contribution in [0.1, 0.15) is 48.0 Å². The van der Waals surface area contributed by atoms with Gasteiger partial charge in [0.25, 0.3) is 0 Å². The van der Waals surface area contributed by atoms with Crippen molar-refractivity contribution in [2.75, 3.05) is 11.9 Å². The molecule has 4 nitrogen and oxygen atoms in total. The van der Waals surface area contributed by atoms with E-state index >= 15 is 0 Å². The van der Waals surface area contributed by atoms with Gasteiger partial charge >= 0.3 is 0 Å². The summed E-state index contributed by atoms with van der Waals surface area (Å²) in [5.74, 6) is 1.08. The van der Waals surface area contributed by atoms with E-state index < -0.39 is 0 Å². The van der Waals surface area contributed by atoms with Crippen molar-refractivity contribution in [3.05, 3.63) is 63.9 Å². The molecule has 0 atom stereocenters. The summed E-state index contributed by atoms with van der Waals surface area (Å²) in [6.45, 7) is 0.801. The van der Waals surface area contributed by atoms with Gasteiger partial charge in [-0.3, -0.25) is 9.59 Å². The molecule has 4 heteroatoms. The van der Waals surface area contributed by atoms with Gasteiger partial charge in [-0.05, 0) is 24.8 Å². The zero-order valence-corrected chi connectivity index (χ0v) is 13.2. The summed E-state index contributed by atoms with van der Waals surface area (Å²) >= 11 is 0. The van der Waals surface area contributed by atoms with Crippen molar-refractivity contribution >= 4 is 11.6 Å². The van der Waals surface area contributed by atoms with Gasteiger partial charge in [-0.2, -0.15) is 0 Å². The van der Waals surface area contributed by atoms with Crippen LogP contribution >= 0.6 is 0 Å². The minimum Gasteiger partial charge on any atom is -0.371 e. The lowest BCUT2D eigenvalue weighted by Crippen LogP contribution is -2.21. The monoisotopic (exact) mass is 310 g/mol. The number of aromatic amines is 1. The molecule has 0 saturated heterocycles. The molecule has 2 aromatic rings. The van der Waals surface area contributed by atoms with Crippen molar-refractivity contribution in [1.29, 1.82) is 0 Å². The molecule has 1 aromatic carbocycles. The summed E-state index contributed by atoms with van der Waals surface area (Å²) in [7, 11) is 0. The Labute approximate surface area is 135 Å². The largest absolute Gasteiger partial charge is 0.371 e. The van der Waals surface area contributed by atoms with Gasteiger partial charge in [0, 0.05) is 18.2 Å². The van der Waals surface area contributed by atoms with Crippen molar-refractivity contribution in [3.8, 4) is 0 Å². The summed E-state index contributed by atoms with van der Waals surface area (Å²) in [5.41, 5.74) is 0.952. The van der Waals surface area contributed by atoms with Gasteiger partial charge in [0.15, 0.2) is 5.78 Å². The van der Waals surface area contributed by atoms with Gasteiger partial charge in [0.05, 0.1) is 5.56 Å². The maximum absolute atomic E-state index is 12.7. The number of ketones is 1. The normalized spacial score (nSPS) is 15.3. The van der Waals surface area contributed by atoms with Crippen LogP contribution in [0.4, 0.5) is 5.82 Å². The Morgan fingerprint density at radius 3 is 2.52 bits per heavy atom. The van der Waals surface area contributed by atoms with Crippen molar-refractivity contribution in [3.63, 3.8) is 0 Å². The van der Waals surface area contributed by atoms with Gasteiger partial charge in [0.2, 0.25) is 5.56 Å². The van der Waals surface area contributed by atoms with Crippen LogP contribution in [0.15, 0.2) is 47.3 Å². The Morgan fingerprint density at radius 1 is 1.04 bits per heavy atom. The topological polar surface area (TPSA) is 62.0 Å². The number of hydrogen-bond acceptors (Lipinski definition) is 3. The number of carbonyl (C=O) groups is 1. The van der Waals surface area contributed by atoms with Crippen LogP contribution < -0.4 is 10.9 Å². The van der Waals surface area contributed by atoms with Crippen molar-refractivity contribution < 1.29 is 4.79 Å². The lowest BCUT2D eigenvalue weighted by molar-refractivity contribution is 0.103. The average Bonchev–Trinajstić information content (AvgIpc) is 2.61. The molecule has 2 N–H and O–H groups in total. The molecule has 1 saturated carbocycles. The van der Waals surface area contributed by atoms with E-state index in [2.05, 4.69) is 10.3 Å². The Morgan fingerprint density at radius 2 is 1.78 bits per heavy atom. The lowest BCUT2D eigenvalue weighted by atomic mass is 9.89. The molecule has 0 aliphatic heterocycles. The third kappa shape index (κ3) is 3.89. The van der Waals surface area contributed by atoms with Crippen LogP contribution in [0.2, 0.25) is 0 Å². The number of anilines is 1. The minimum atomic E-state index is -0.194. The molecule has 0 bridgehead atoms.